The Balaban J connectivity index is 1.79. The topological polar surface area (TPSA) is 61.0 Å². The monoisotopic (exact) mass is 291 g/mol. The predicted octanol–water partition coefficient (Wildman–Crippen LogP) is 3.95. The maximum absolute atomic E-state index is 10.6. The van der Waals surface area contributed by atoms with Crippen LogP contribution in [0.4, 0.5) is 5.69 Å². The third kappa shape index (κ3) is 3.09. The van der Waals surface area contributed by atoms with Gasteiger partial charge in [0.05, 0.1) is 16.3 Å². The van der Waals surface area contributed by atoms with Gasteiger partial charge in [-0.25, -0.2) is 4.68 Å². The smallest absolute Gasteiger partial charge is 0.258 e. The zero-order valence-electron chi connectivity index (χ0n) is 11.7. The predicted molar refractivity (Wildman–Crippen MR) is 85.6 cm³/mol. The fourth-order valence-corrected chi connectivity index (χ4v) is 2.04. The standard InChI is InChI=1S/C17H13N3O2/c21-20(22)17-10-8-16(9-11-17)19-13-12-15(18-19)7-6-14-4-2-1-3-5-14/h1-13H/b7-6+. The van der Waals surface area contributed by atoms with Crippen molar-refractivity contribution in [3.63, 3.8) is 0 Å². The van der Waals surface area contributed by atoms with Crippen molar-refractivity contribution in [1.29, 1.82) is 0 Å². The molecule has 0 radical (unpaired) electrons. The van der Waals surface area contributed by atoms with E-state index in [4.69, 9.17) is 0 Å². The normalized spacial score (nSPS) is 10.9. The van der Waals surface area contributed by atoms with Crippen LogP contribution in [0.5, 0.6) is 0 Å². The molecule has 0 aliphatic rings. The van der Waals surface area contributed by atoms with Crippen LogP contribution in [0, 0.1) is 10.1 Å². The van der Waals surface area contributed by atoms with Crippen LogP contribution in [0.3, 0.4) is 0 Å². The Morgan fingerprint density at radius 2 is 1.68 bits per heavy atom. The van der Waals surface area contributed by atoms with E-state index >= 15 is 0 Å². The Bertz CT molecular complexity index is 805. The zero-order chi connectivity index (χ0) is 15.4. The van der Waals surface area contributed by atoms with Gasteiger partial charge in [0.1, 0.15) is 0 Å². The first-order valence-electron chi connectivity index (χ1n) is 6.76. The third-order valence-corrected chi connectivity index (χ3v) is 3.18. The lowest BCUT2D eigenvalue weighted by molar-refractivity contribution is -0.384. The van der Waals surface area contributed by atoms with Gasteiger partial charge in [0.2, 0.25) is 0 Å². The minimum absolute atomic E-state index is 0.0695. The molecule has 1 aromatic heterocycles. The SMILES string of the molecule is O=[N+]([O-])c1ccc(-n2ccc(/C=C/c3ccccc3)n2)cc1. The van der Waals surface area contributed by atoms with E-state index < -0.39 is 4.92 Å². The van der Waals surface area contributed by atoms with Crippen LogP contribution in [0.15, 0.2) is 66.9 Å². The number of aromatic nitrogens is 2. The quantitative estimate of drug-likeness (QED) is 0.540. The fourth-order valence-electron chi connectivity index (χ4n) is 2.04. The molecule has 0 aliphatic carbocycles. The van der Waals surface area contributed by atoms with Gasteiger partial charge in [-0.05, 0) is 29.8 Å². The van der Waals surface area contributed by atoms with Crippen molar-refractivity contribution < 1.29 is 4.92 Å². The summed E-state index contributed by atoms with van der Waals surface area (Å²) in [6, 6.07) is 18.2. The van der Waals surface area contributed by atoms with Gasteiger partial charge in [0.15, 0.2) is 0 Å². The molecule has 2 aromatic carbocycles. The highest BCUT2D eigenvalue weighted by atomic mass is 16.6. The summed E-state index contributed by atoms with van der Waals surface area (Å²) in [5.74, 6) is 0. The fraction of sp³-hybridized carbons (Fsp3) is 0. The molecule has 0 saturated carbocycles. The number of nitrogens with zero attached hydrogens (tertiary/aromatic N) is 3. The van der Waals surface area contributed by atoms with Crippen molar-refractivity contribution in [1.82, 2.24) is 9.78 Å². The average Bonchev–Trinajstić information content (AvgIpc) is 3.03. The second-order valence-corrected chi connectivity index (χ2v) is 4.70. The van der Waals surface area contributed by atoms with Gasteiger partial charge in [-0.1, -0.05) is 36.4 Å². The highest BCUT2D eigenvalue weighted by Gasteiger charge is 2.05. The summed E-state index contributed by atoms with van der Waals surface area (Å²) in [4.78, 5) is 10.2. The van der Waals surface area contributed by atoms with Gasteiger partial charge < -0.3 is 0 Å². The van der Waals surface area contributed by atoms with Crippen LogP contribution in [0.2, 0.25) is 0 Å². The first-order chi connectivity index (χ1) is 10.7. The van der Waals surface area contributed by atoms with E-state index in [9.17, 15) is 10.1 Å². The van der Waals surface area contributed by atoms with Gasteiger partial charge in [-0.2, -0.15) is 5.10 Å². The van der Waals surface area contributed by atoms with E-state index in [2.05, 4.69) is 5.10 Å². The number of non-ortho nitro benzene ring substituents is 1. The number of benzene rings is 2. The molecule has 0 spiro atoms. The molecule has 0 aliphatic heterocycles. The highest BCUT2D eigenvalue weighted by molar-refractivity contribution is 5.67. The van der Waals surface area contributed by atoms with Crippen molar-refractivity contribution in [3.05, 3.63) is 88.2 Å². The number of nitro benzene ring substituents is 1. The van der Waals surface area contributed by atoms with Gasteiger partial charge >= 0.3 is 0 Å². The lowest BCUT2D eigenvalue weighted by atomic mass is 10.2. The van der Waals surface area contributed by atoms with E-state index in [0.717, 1.165) is 16.9 Å². The molecule has 0 unspecified atom stereocenters. The Morgan fingerprint density at radius 1 is 0.955 bits per heavy atom. The molecular formula is C17H13N3O2. The lowest BCUT2D eigenvalue weighted by Crippen LogP contribution is -1.95. The van der Waals surface area contributed by atoms with Gasteiger partial charge in [0, 0.05) is 18.3 Å². The summed E-state index contributed by atoms with van der Waals surface area (Å²) < 4.78 is 1.69. The first kappa shape index (κ1) is 13.8. The summed E-state index contributed by atoms with van der Waals surface area (Å²) in [6.07, 6.45) is 5.74. The molecule has 0 N–H and O–H groups in total. The summed E-state index contributed by atoms with van der Waals surface area (Å²) in [6.45, 7) is 0. The first-order valence-corrected chi connectivity index (χ1v) is 6.76. The molecule has 5 heteroatoms. The molecule has 0 bridgehead atoms. The van der Waals surface area contributed by atoms with Crippen LogP contribution in [-0.4, -0.2) is 14.7 Å². The van der Waals surface area contributed by atoms with Crippen LogP contribution in [0.1, 0.15) is 11.3 Å². The maximum Gasteiger partial charge on any atom is 0.269 e. The highest BCUT2D eigenvalue weighted by Crippen LogP contribution is 2.15. The number of nitro groups is 1. The lowest BCUT2D eigenvalue weighted by Gasteiger charge is -2.00. The van der Waals surface area contributed by atoms with Crippen molar-refractivity contribution in [3.8, 4) is 5.69 Å². The minimum Gasteiger partial charge on any atom is -0.258 e. The van der Waals surface area contributed by atoms with E-state index in [1.807, 2.05) is 54.7 Å². The second-order valence-electron chi connectivity index (χ2n) is 4.70. The van der Waals surface area contributed by atoms with Gasteiger partial charge in [0.25, 0.3) is 5.69 Å². The van der Waals surface area contributed by atoms with Crippen LogP contribution >= 0.6 is 0 Å². The Hall–Kier alpha value is -3.21. The number of rotatable bonds is 4. The summed E-state index contributed by atoms with van der Waals surface area (Å²) in [5.41, 5.74) is 2.78. The molecule has 0 fully saturated rings. The van der Waals surface area contributed by atoms with Gasteiger partial charge in [-0.15, -0.1) is 0 Å². The van der Waals surface area contributed by atoms with Crippen LogP contribution in [0.25, 0.3) is 17.8 Å². The average molecular weight is 291 g/mol. The Morgan fingerprint density at radius 3 is 2.36 bits per heavy atom. The molecule has 0 amide bonds. The molecule has 3 aromatic rings. The third-order valence-electron chi connectivity index (χ3n) is 3.18. The van der Waals surface area contributed by atoms with Gasteiger partial charge in [-0.3, -0.25) is 10.1 Å². The van der Waals surface area contributed by atoms with Crippen molar-refractivity contribution in [2.24, 2.45) is 0 Å². The molecule has 5 nitrogen and oxygen atoms in total. The maximum atomic E-state index is 10.6. The van der Waals surface area contributed by atoms with E-state index in [1.165, 1.54) is 12.1 Å². The number of hydrogen-bond acceptors (Lipinski definition) is 3. The van der Waals surface area contributed by atoms with Crippen molar-refractivity contribution in [2.45, 2.75) is 0 Å². The summed E-state index contributed by atoms with van der Waals surface area (Å²) >= 11 is 0. The summed E-state index contributed by atoms with van der Waals surface area (Å²) in [5, 5.41) is 15.1. The molecular weight excluding hydrogens is 278 g/mol. The van der Waals surface area contributed by atoms with E-state index in [1.54, 1.807) is 16.8 Å². The van der Waals surface area contributed by atoms with Crippen LogP contribution < -0.4 is 0 Å². The number of hydrogen-bond donors (Lipinski definition) is 0. The molecule has 22 heavy (non-hydrogen) atoms. The van der Waals surface area contributed by atoms with E-state index in [-0.39, 0.29) is 5.69 Å². The van der Waals surface area contributed by atoms with E-state index in [0.29, 0.717) is 0 Å². The van der Waals surface area contributed by atoms with Crippen molar-refractivity contribution >= 4 is 17.8 Å². The Kier molecular flexibility index (Phi) is 3.78. The molecule has 3 rings (SSSR count). The largest absolute Gasteiger partial charge is 0.269 e. The molecule has 0 atom stereocenters. The zero-order valence-corrected chi connectivity index (χ0v) is 11.7. The molecule has 108 valence electrons. The minimum atomic E-state index is -0.416. The second kappa shape index (κ2) is 6.05. The summed E-state index contributed by atoms with van der Waals surface area (Å²) in [7, 11) is 0. The Labute approximate surface area is 127 Å². The van der Waals surface area contributed by atoms with Crippen molar-refractivity contribution in [2.75, 3.05) is 0 Å². The van der Waals surface area contributed by atoms with Crippen LogP contribution in [-0.2, 0) is 0 Å². The molecule has 1 heterocycles. The molecule has 0 saturated heterocycles.